The van der Waals surface area contributed by atoms with Crippen LogP contribution in [0.3, 0.4) is 0 Å². The minimum Gasteiger partial charge on any atom is -0.495 e. The van der Waals surface area contributed by atoms with Crippen LogP contribution < -0.4 is 4.74 Å². The molecule has 0 unspecified atom stereocenters. The van der Waals surface area contributed by atoms with Gasteiger partial charge in [0.2, 0.25) is 0 Å². The van der Waals surface area contributed by atoms with Crippen molar-refractivity contribution >= 4 is 0 Å². The lowest BCUT2D eigenvalue weighted by atomic mass is 10.3. The molecule has 1 N–H and O–H groups in total. The molecule has 0 amide bonds. The molecule has 1 aromatic heterocycles. The van der Waals surface area contributed by atoms with E-state index in [9.17, 15) is 0 Å². The van der Waals surface area contributed by atoms with E-state index in [1.54, 1.807) is 25.6 Å². The Hall–Kier alpha value is -1.09. The molecule has 0 bridgehead atoms. The van der Waals surface area contributed by atoms with Crippen LogP contribution >= 0.6 is 0 Å². The maximum Gasteiger partial charge on any atom is 0.137 e. The molecule has 0 aromatic carbocycles. The molecule has 0 spiro atoms. The lowest BCUT2D eigenvalue weighted by Gasteiger charge is -1.99. The summed E-state index contributed by atoms with van der Waals surface area (Å²) in [6.07, 6.45) is 3.20. The van der Waals surface area contributed by atoms with Gasteiger partial charge in [0, 0.05) is 6.20 Å². The lowest BCUT2D eigenvalue weighted by Crippen LogP contribution is -1.88. The second kappa shape index (κ2) is 3.17. The summed E-state index contributed by atoms with van der Waals surface area (Å²) < 4.78 is 4.88. The normalized spacial score (nSPS) is 9.40. The van der Waals surface area contributed by atoms with Crippen molar-refractivity contribution in [2.75, 3.05) is 7.11 Å². The van der Waals surface area contributed by atoms with Crippen molar-refractivity contribution in [3.8, 4) is 5.75 Å². The van der Waals surface area contributed by atoms with Crippen molar-refractivity contribution < 1.29 is 9.84 Å². The van der Waals surface area contributed by atoms with E-state index in [4.69, 9.17) is 9.84 Å². The molecule has 0 atom stereocenters. The molecular formula is C7H9NO2. The fraction of sp³-hybridized carbons (Fsp3) is 0.286. The van der Waals surface area contributed by atoms with E-state index in [0.717, 1.165) is 5.56 Å². The smallest absolute Gasteiger partial charge is 0.137 e. The number of hydrogen-bond acceptors (Lipinski definition) is 3. The van der Waals surface area contributed by atoms with Crippen molar-refractivity contribution in [2.45, 2.75) is 6.61 Å². The van der Waals surface area contributed by atoms with Gasteiger partial charge in [-0.25, -0.2) is 0 Å². The second-order valence-electron chi connectivity index (χ2n) is 1.89. The highest BCUT2D eigenvalue weighted by atomic mass is 16.5. The minimum atomic E-state index is 0.00417. The molecule has 1 aromatic rings. The van der Waals surface area contributed by atoms with Crippen molar-refractivity contribution in [2.24, 2.45) is 0 Å². The topological polar surface area (TPSA) is 42.4 Å². The molecule has 0 aliphatic heterocycles. The summed E-state index contributed by atoms with van der Waals surface area (Å²) in [4.78, 5) is 3.84. The summed E-state index contributed by atoms with van der Waals surface area (Å²) in [6.45, 7) is 0.00417. The number of hydrogen-bond donors (Lipinski definition) is 1. The zero-order valence-electron chi connectivity index (χ0n) is 5.74. The van der Waals surface area contributed by atoms with Gasteiger partial charge in [0.05, 0.1) is 19.9 Å². The van der Waals surface area contributed by atoms with Crippen molar-refractivity contribution in [3.05, 3.63) is 24.0 Å². The number of aliphatic hydroxyl groups is 1. The van der Waals surface area contributed by atoms with Crippen LogP contribution in [0.5, 0.6) is 5.75 Å². The quantitative estimate of drug-likeness (QED) is 0.651. The fourth-order valence-electron chi connectivity index (χ4n) is 0.662. The van der Waals surface area contributed by atoms with E-state index in [1.807, 2.05) is 0 Å². The summed E-state index contributed by atoms with van der Waals surface area (Å²) in [5.41, 5.74) is 0.763. The Balaban J connectivity index is 2.87. The van der Waals surface area contributed by atoms with Gasteiger partial charge in [-0.15, -0.1) is 0 Å². The van der Waals surface area contributed by atoms with Gasteiger partial charge < -0.3 is 9.84 Å². The molecule has 1 heterocycles. The first-order valence-electron chi connectivity index (χ1n) is 2.95. The van der Waals surface area contributed by atoms with Gasteiger partial charge in [0.15, 0.2) is 0 Å². The van der Waals surface area contributed by atoms with E-state index >= 15 is 0 Å². The van der Waals surface area contributed by atoms with E-state index in [1.165, 1.54) is 0 Å². The van der Waals surface area contributed by atoms with Crippen LogP contribution in [0.1, 0.15) is 5.56 Å². The molecule has 10 heavy (non-hydrogen) atoms. The third-order valence-electron chi connectivity index (χ3n) is 1.19. The molecule has 0 saturated heterocycles. The van der Waals surface area contributed by atoms with E-state index in [2.05, 4.69) is 4.98 Å². The van der Waals surface area contributed by atoms with Gasteiger partial charge in [0.25, 0.3) is 0 Å². The summed E-state index contributed by atoms with van der Waals surface area (Å²) in [5.74, 6) is 0.673. The monoisotopic (exact) mass is 139 g/mol. The molecule has 3 nitrogen and oxygen atoms in total. The number of rotatable bonds is 2. The predicted octanol–water partition coefficient (Wildman–Crippen LogP) is 0.583. The summed E-state index contributed by atoms with van der Waals surface area (Å²) >= 11 is 0. The van der Waals surface area contributed by atoms with Crippen molar-refractivity contribution in [1.29, 1.82) is 0 Å². The standard InChI is InChI=1S/C7H9NO2/c1-10-7-2-6(5-9)3-8-4-7/h2-4,9H,5H2,1H3. The second-order valence-corrected chi connectivity index (χ2v) is 1.89. The molecule has 0 aliphatic carbocycles. The predicted molar refractivity (Wildman–Crippen MR) is 36.7 cm³/mol. The first-order valence-corrected chi connectivity index (χ1v) is 2.95. The van der Waals surface area contributed by atoms with Crippen LogP contribution in [-0.4, -0.2) is 17.2 Å². The van der Waals surface area contributed by atoms with Crippen LogP contribution in [0.4, 0.5) is 0 Å². The van der Waals surface area contributed by atoms with Crippen LogP contribution in [0.15, 0.2) is 18.5 Å². The Morgan fingerprint density at radius 3 is 3.00 bits per heavy atom. The summed E-state index contributed by atoms with van der Waals surface area (Å²) in [5, 5.41) is 8.66. The number of nitrogens with zero attached hydrogens (tertiary/aromatic N) is 1. The molecule has 0 saturated carbocycles. The maximum absolute atomic E-state index is 8.66. The highest BCUT2D eigenvalue weighted by Gasteiger charge is 1.92. The summed E-state index contributed by atoms with van der Waals surface area (Å²) in [7, 11) is 1.57. The molecule has 1 rings (SSSR count). The van der Waals surface area contributed by atoms with Crippen LogP contribution in [0, 0.1) is 0 Å². The Morgan fingerprint density at radius 1 is 1.60 bits per heavy atom. The molecule has 0 radical (unpaired) electrons. The molecular weight excluding hydrogens is 130 g/mol. The van der Waals surface area contributed by atoms with E-state index in [-0.39, 0.29) is 6.61 Å². The molecule has 0 aliphatic rings. The number of ether oxygens (including phenoxy) is 1. The molecule has 54 valence electrons. The van der Waals surface area contributed by atoms with E-state index < -0.39 is 0 Å². The highest BCUT2D eigenvalue weighted by molar-refractivity contribution is 5.22. The zero-order chi connectivity index (χ0) is 7.40. The first-order chi connectivity index (χ1) is 4.86. The Bertz CT molecular complexity index is 193. The fourth-order valence-corrected chi connectivity index (χ4v) is 0.662. The average Bonchev–Trinajstić information content (AvgIpc) is 2.05. The van der Waals surface area contributed by atoms with Gasteiger partial charge in [-0.3, -0.25) is 4.98 Å². The lowest BCUT2D eigenvalue weighted by molar-refractivity contribution is 0.280. The van der Waals surface area contributed by atoms with Crippen LogP contribution in [-0.2, 0) is 6.61 Å². The number of pyridine rings is 1. The number of aliphatic hydroxyl groups excluding tert-OH is 1. The van der Waals surface area contributed by atoms with Crippen LogP contribution in [0.2, 0.25) is 0 Å². The van der Waals surface area contributed by atoms with E-state index in [0.29, 0.717) is 5.75 Å². The zero-order valence-corrected chi connectivity index (χ0v) is 5.74. The highest BCUT2D eigenvalue weighted by Crippen LogP contribution is 2.09. The van der Waals surface area contributed by atoms with Gasteiger partial charge in [-0.05, 0) is 11.6 Å². The van der Waals surface area contributed by atoms with Crippen molar-refractivity contribution in [1.82, 2.24) is 4.98 Å². The Labute approximate surface area is 59.3 Å². The SMILES string of the molecule is COc1cncc(CO)c1. The maximum atomic E-state index is 8.66. The van der Waals surface area contributed by atoms with Gasteiger partial charge in [0.1, 0.15) is 5.75 Å². The van der Waals surface area contributed by atoms with Gasteiger partial charge in [-0.2, -0.15) is 0 Å². The minimum absolute atomic E-state index is 0.00417. The largest absolute Gasteiger partial charge is 0.495 e. The number of methoxy groups -OCH3 is 1. The first kappa shape index (κ1) is 7.02. The third kappa shape index (κ3) is 1.45. The molecule has 0 fully saturated rings. The third-order valence-corrected chi connectivity index (χ3v) is 1.19. The van der Waals surface area contributed by atoms with Crippen LogP contribution in [0.25, 0.3) is 0 Å². The Morgan fingerprint density at radius 2 is 2.40 bits per heavy atom. The summed E-state index contributed by atoms with van der Waals surface area (Å²) in [6, 6.07) is 1.74. The van der Waals surface area contributed by atoms with Crippen molar-refractivity contribution in [3.63, 3.8) is 0 Å². The van der Waals surface area contributed by atoms with Gasteiger partial charge in [-0.1, -0.05) is 0 Å². The van der Waals surface area contributed by atoms with Gasteiger partial charge >= 0.3 is 0 Å². The average molecular weight is 139 g/mol. The number of aromatic nitrogens is 1. The molecule has 3 heteroatoms. The Kier molecular flexibility index (Phi) is 2.23.